The van der Waals surface area contributed by atoms with Gasteiger partial charge in [-0.1, -0.05) is 25.5 Å². The van der Waals surface area contributed by atoms with Crippen LogP contribution in [-0.2, 0) is 6.54 Å². The van der Waals surface area contributed by atoms with Gasteiger partial charge < -0.3 is 10.2 Å². The first-order valence-electron chi connectivity index (χ1n) is 7.98. The van der Waals surface area contributed by atoms with Gasteiger partial charge in [-0.3, -0.25) is 9.69 Å². The van der Waals surface area contributed by atoms with Crippen molar-refractivity contribution in [1.82, 2.24) is 15.1 Å². The summed E-state index contributed by atoms with van der Waals surface area (Å²) >= 11 is 0. The molecule has 0 bridgehead atoms. The summed E-state index contributed by atoms with van der Waals surface area (Å²) in [5, 5.41) is 3.36. The summed E-state index contributed by atoms with van der Waals surface area (Å²) in [5.74, 6) is 0.130. The summed E-state index contributed by atoms with van der Waals surface area (Å²) in [7, 11) is 1.89. The zero-order valence-corrected chi connectivity index (χ0v) is 13.3. The van der Waals surface area contributed by atoms with Crippen molar-refractivity contribution in [2.75, 3.05) is 39.8 Å². The molecule has 1 heterocycles. The molecule has 0 atom stereocenters. The number of nitrogens with zero attached hydrogens (tertiary/aromatic N) is 2. The molecule has 1 aliphatic heterocycles. The molecule has 1 fully saturated rings. The fraction of sp³-hybridized carbons (Fsp3) is 0.588. The molecule has 1 aromatic carbocycles. The zero-order valence-electron chi connectivity index (χ0n) is 13.3. The summed E-state index contributed by atoms with van der Waals surface area (Å²) in [6.07, 6.45) is 2.17. The first kappa shape index (κ1) is 16.0. The van der Waals surface area contributed by atoms with Crippen molar-refractivity contribution in [3.8, 4) is 0 Å². The van der Waals surface area contributed by atoms with Crippen molar-refractivity contribution in [2.24, 2.45) is 0 Å². The summed E-state index contributed by atoms with van der Waals surface area (Å²) in [6.45, 7) is 8.17. The van der Waals surface area contributed by atoms with Crippen LogP contribution in [-0.4, -0.2) is 55.5 Å². The number of hydrogen-bond acceptors (Lipinski definition) is 3. The number of carbonyl (C=O) groups is 1. The third-order valence-corrected chi connectivity index (χ3v) is 3.98. The average Bonchev–Trinajstić information content (AvgIpc) is 2.53. The number of carbonyl (C=O) groups excluding carboxylic acids is 1. The maximum absolute atomic E-state index is 12.4. The van der Waals surface area contributed by atoms with Gasteiger partial charge >= 0.3 is 0 Å². The fourth-order valence-corrected chi connectivity index (χ4v) is 2.65. The van der Waals surface area contributed by atoms with Crippen molar-refractivity contribution in [2.45, 2.75) is 26.3 Å². The molecule has 1 amide bonds. The highest BCUT2D eigenvalue weighted by molar-refractivity contribution is 5.94. The van der Waals surface area contributed by atoms with Gasteiger partial charge in [0.15, 0.2) is 0 Å². The molecular weight excluding hydrogens is 262 g/mol. The van der Waals surface area contributed by atoms with Gasteiger partial charge in [0, 0.05) is 51.9 Å². The van der Waals surface area contributed by atoms with Crippen LogP contribution in [0, 0.1) is 0 Å². The normalized spacial score (nSPS) is 15.9. The second-order valence-corrected chi connectivity index (χ2v) is 5.81. The SMILES string of the molecule is CCCCN(C)C(=O)c1cccc(CN2CCNCC2)c1. The van der Waals surface area contributed by atoms with Crippen LogP contribution >= 0.6 is 0 Å². The van der Waals surface area contributed by atoms with Gasteiger partial charge in [0.05, 0.1) is 0 Å². The molecule has 1 N–H and O–H groups in total. The van der Waals surface area contributed by atoms with Gasteiger partial charge in [-0.2, -0.15) is 0 Å². The molecular formula is C17H27N3O. The Bertz CT molecular complexity index is 455. The van der Waals surface area contributed by atoms with Gasteiger partial charge in [0.2, 0.25) is 0 Å². The average molecular weight is 289 g/mol. The van der Waals surface area contributed by atoms with Crippen LogP contribution in [0.1, 0.15) is 35.7 Å². The van der Waals surface area contributed by atoms with Gasteiger partial charge in [-0.15, -0.1) is 0 Å². The van der Waals surface area contributed by atoms with Crippen LogP contribution in [0.4, 0.5) is 0 Å². The third-order valence-electron chi connectivity index (χ3n) is 3.98. The second kappa shape index (κ2) is 8.15. The fourth-order valence-electron chi connectivity index (χ4n) is 2.65. The van der Waals surface area contributed by atoms with E-state index in [9.17, 15) is 4.79 Å². The van der Waals surface area contributed by atoms with E-state index in [2.05, 4.69) is 23.2 Å². The number of unbranched alkanes of at least 4 members (excludes halogenated alkanes) is 1. The predicted octanol–water partition coefficient (Wildman–Crippen LogP) is 1.96. The van der Waals surface area contributed by atoms with E-state index in [1.165, 1.54) is 5.56 Å². The number of piperazine rings is 1. The first-order chi connectivity index (χ1) is 10.2. The summed E-state index contributed by atoms with van der Waals surface area (Å²) in [5.41, 5.74) is 2.04. The van der Waals surface area contributed by atoms with Gasteiger partial charge in [-0.05, 0) is 24.1 Å². The Kier molecular flexibility index (Phi) is 6.21. The highest BCUT2D eigenvalue weighted by Gasteiger charge is 2.13. The molecule has 0 unspecified atom stereocenters. The minimum absolute atomic E-state index is 0.130. The lowest BCUT2D eigenvalue weighted by atomic mass is 10.1. The lowest BCUT2D eigenvalue weighted by molar-refractivity contribution is 0.0793. The van der Waals surface area contributed by atoms with E-state index in [-0.39, 0.29) is 5.91 Å². The van der Waals surface area contributed by atoms with Crippen LogP contribution in [0.3, 0.4) is 0 Å². The molecule has 21 heavy (non-hydrogen) atoms. The molecule has 4 nitrogen and oxygen atoms in total. The van der Waals surface area contributed by atoms with Crippen molar-refractivity contribution < 1.29 is 4.79 Å². The molecule has 0 spiro atoms. The Hall–Kier alpha value is -1.39. The molecule has 0 aliphatic carbocycles. The maximum Gasteiger partial charge on any atom is 0.253 e. The minimum Gasteiger partial charge on any atom is -0.342 e. The van der Waals surface area contributed by atoms with Crippen molar-refractivity contribution in [3.05, 3.63) is 35.4 Å². The van der Waals surface area contributed by atoms with Crippen molar-refractivity contribution >= 4 is 5.91 Å². The standard InChI is InChI=1S/C17H27N3O/c1-3-4-10-19(2)17(21)16-7-5-6-15(13-16)14-20-11-8-18-9-12-20/h5-7,13,18H,3-4,8-12,14H2,1-2H3. The number of rotatable bonds is 6. The van der Waals surface area contributed by atoms with Crippen LogP contribution in [0.15, 0.2) is 24.3 Å². The molecule has 116 valence electrons. The third kappa shape index (κ3) is 4.83. The molecule has 2 rings (SSSR count). The smallest absolute Gasteiger partial charge is 0.253 e. The zero-order chi connectivity index (χ0) is 15.1. The van der Waals surface area contributed by atoms with E-state index in [1.54, 1.807) is 0 Å². The van der Waals surface area contributed by atoms with Crippen LogP contribution in [0.5, 0.6) is 0 Å². The van der Waals surface area contributed by atoms with E-state index in [1.807, 2.05) is 30.1 Å². The second-order valence-electron chi connectivity index (χ2n) is 5.81. The van der Waals surface area contributed by atoms with E-state index >= 15 is 0 Å². The summed E-state index contributed by atoms with van der Waals surface area (Å²) in [6, 6.07) is 8.09. The predicted molar refractivity (Wildman–Crippen MR) is 86.5 cm³/mol. The molecule has 4 heteroatoms. The van der Waals surface area contributed by atoms with Crippen LogP contribution in [0.25, 0.3) is 0 Å². The topological polar surface area (TPSA) is 35.6 Å². The lowest BCUT2D eigenvalue weighted by Gasteiger charge is -2.27. The first-order valence-corrected chi connectivity index (χ1v) is 7.98. The van der Waals surface area contributed by atoms with E-state index in [0.717, 1.165) is 57.7 Å². The quantitative estimate of drug-likeness (QED) is 0.869. The van der Waals surface area contributed by atoms with Gasteiger partial charge in [0.1, 0.15) is 0 Å². The summed E-state index contributed by atoms with van der Waals surface area (Å²) in [4.78, 5) is 16.7. The van der Waals surface area contributed by atoms with Crippen LogP contribution < -0.4 is 5.32 Å². The molecule has 0 radical (unpaired) electrons. The Morgan fingerprint density at radius 3 is 2.81 bits per heavy atom. The maximum atomic E-state index is 12.4. The van der Waals surface area contributed by atoms with Crippen molar-refractivity contribution in [1.29, 1.82) is 0 Å². The molecule has 0 saturated carbocycles. The van der Waals surface area contributed by atoms with E-state index in [0.29, 0.717) is 0 Å². The van der Waals surface area contributed by atoms with Gasteiger partial charge in [0.25, 0.3) is 5.91 Å². The van der Waals surface area contributed by atoms with E-state index in [4.69, 9.17) is 0 Å². The Morgan fingerprint density at radius 2 is 2.10 bits per heavy atom. The molecule has 0 aromatic heterocycles. The van der Waals surface area contributed by atoms with Crippen LogP contribution in [0.2, 0.25) is 0 Å². The largest absolute Gasteiger partial charge is 0.342 e. The molecule has 1 saturated heterocycles. The summed E-state index contributed by atoms with van der Waals surface area (Å²) < 4.78 is 0. The lowest BCUT2D eigenvalue weighted by Crippen LogP contribution is -2.42. The molecule has 1 aliphatic rings. The van der Waals surface area contributed by atoms with Crippen molar-refractivity contribution in [3.63, 3.8) is 0 Å². The highest BCUT2D eigenvalue weighted by Crippen LogP contribution is 2.11. The number of benzene rings is 1. The van der Waals surface area contributed by atoms with Gasteiger partial charge in [-0.25, -0.2) is 0 Å². The number of nitrogens with one attached hydrogen (secondary N) is 1. The Morgan fingerprint density at radius 1 is 1.33 bits per heavy atom. The number of amides is 1. The monoisotopic (exact) mass is 289 g/mol. The minimum atomic E-state index is 0.130. The Labute approximate surface area is 128 Å². The Balaban J connectivity index is 1.97. The highest BCUT2D eigenvalue weighted by atomic mass is 16.2. The number of hydrogen-bond donors (Lipinski definition) is 1. The van der Waals surface area contributed by atoms with E-state index < -0.39 is 0 Å². The molecule has 1 aromatic rings.